The zero-order chi connectivity index (χ0) is 26.2. The molecule has 2 N–H and O–H groups in total. The van der Waals surface area contributed by atoms with Crippen molar-refractivity contribution in [3.63, 3.8) is 0 Å². The number of hydrogen-bond acceptors (Lipinski definition) is 5. The van der Waals surface area contributed by atoms with Gasteiger partial charge in [0.25, 0.3) is 11.8 Å². The van der Waals surface area contributed by atoms with Crippen LogP contribution in [-0.4, -0.2) is 25.5 Å². The molecule has 184 valence electrons. The van der Waals surface area contributed by atoms with Gasteiger partial charge in [0.2, 0.25) is 0 Å². The summed E-state index contributed by atoms with van der Waals surface area (Å²) < 4.78 is 11.6. The maximum atomic E-state index is 12.6. The van der Waals surface area contributed by atoms with Crippen LogP contribution in [0, 0.1) is 25.2 Å². The molecule has 7 nitrogen and oxygen atoms in total. The van der Waals surface area contributed by atoms with Crippen molar-refractivity contribution in [2.45, 2.75) is 13.8 Å². The first-order valence-corrected chi connectivity index (χ1v) is 11.9. The standard InChI is InChI=1S/C27H23BrClN3O4/c1-16-7-8-17(2)23(9-16)32-25(33)15-36-26-22(28)11-18(12-24(26)35-3)10-19(14-30)27(34)31-21-6-4-5-20(29)13-21/h4-13H,15H2,1-3H3,(H,31,34)(H,32,33)/b19-10-. The van der Waals surface area contributed by atoms with Crippen molar-refractivity contribution in [1.29, 1.82) is 5.26 Å². The van der Waals surface area contributed by atoms with Gasteiger partial charge in [0.05, 0.1) is 11.6 Å². The minimum Gasteiger partial charge on any atom is -0.493 e. The Bertz CT molecular complexity index is 1380. The summed E-state index contributed by atoms with van der Waals surface area (Å²) >= 11 is 9.37. The summed E-state index contributed by atoms with van der Waals surface area (Å²) in [6.07, 6.45) is 1.42. The molecule has 3 rings (SSSR count). The molecule has 0 heterocycles. The molecule has 0 atom stereocenters. The molecular formula is C27H23BrClN3O4. The van der Waals surface area contributed by atoms with Gasteiger partial charge in [0.1, 0.15) is 11.6 Å². The second kappa shape index (κ2) is 12.2. The Balaban J connectivity index is 1.75. The van der Waals surface area contributed by atoms with E-state index >= 15 is 0 Å². The van der Waals surface area contributed by atoms with Crippen LogP contribution in [0.2, 0.25) is 5.02 Å². The number of rotatable bonds is 8. The van der Waals surface area contributed by atoms with Crippen LogP contribution in [0.15, 0.2) is 64.6 Å². The third-order valence-electron chi connectivity index (χ3n) is 5.03. The summed E-state index contributed by atoms with van der Waals surface area (Å²) in [4.78, 5) is 25.0. The first-order chi connectivity index (χ1) is 17.2. The van der Waals surface area contributed by atoms with Gasteiger partial charge in [0.15, 0.2) is 18.1 Å². The number of halogens is 2. The van der Waals surface area contributed by atoms with E-state index in [9.17, 15) is 14.9 Å². The van der Waals surface area contributed by atoms with Gasteiger partial charge in [-0.25, -0.2) is 0 Å². The fraction of sp³-hybridized carbons (Fsp3) is 0.148. The SMILES string of the molecule is COc1cc(/C=C(/C#N)C(=O)Nc2cccc(Cl)c2)cc(Br)c1OCC(=O)Nc1cc(C)ccc1C. The molecule has 0 saturated carbocycles. The van der Waals surface area contributed by atoms with Crippen molar-refractivity contribution >= 4 is 56.8 Å². The first-order valence-electron chi connectivity index (χ1n) is 10.8. The Morgan fingerprint density at radius 2 is 1.89 bits per heavy atom. The molecule has 0 radical (unpaired) electrons. The third-order valence-corrected chi connectivity index (χ3v) is 5.85. The second-order valence-corrected chi connectivity index (χ2v) is 9.11. The average Bonchev–Trinajstić information content (AvgIpc) is 2.83. The van der Waals surface area contributed by atoms with E-state index in [1.54, 1.807) is 36.4 Å². The number of benzene rings is 3. The summed E-state index contributed by atoms with van der Waals surface area (Å²) in [6.45, 7) is 3.61. The summed E-state index contributed by atoms with van der Waals surface area (Å²) in [5.74, 6) is -0.278. The minimum absolute atomic E-state index is 0.120. The minimum atomic E-state index is -0.585. The molecule has 0 unspecified atom stereocenters. The number of ether oxygens (including phenoxy) is 2. The smallest absolute Gasteiger partial charge is 0.266 e. The molecular weight excluding hydrogens is 546 g/mol. The van der Waals surface area contributed by atoms with Crippen molar-refractivity contribution in [2.75, 3.05) is 24.4 Å². The van der Waals surface area contributed by atoms with Crippen LogP contribution in [0.3, 0.4) is 0 Å². The van der Waals surface area contributed by atoms with Gasteiger partial charge >= 0.3 is 0 Å². The number of anilines is 2. The molecule has 3 aromatic carbocycles. The lowest BCUT2D eigenvalue weighted by molar-refractivity contribution is -0.118. The Hall–Kier alpha value is -3.80. The molecule has 0 aromatic heterocycles. The zero-order valence-electron chi connectivity index (χ0n) is 19.8. The van der Waals surface area contributed by atoms with Crippen LogP contribution in [0.1, 0.15) is 16.7 Å². The Kier molecular flexibility index (Phi) is 9.12. The second-order valence-electron chi connectivity index (χ2n) is 7.82. The molecule has 0 aliphatic rings. The van der Waals surface area contributed by atoms with Crippen LogP contribution in [-0.2, 0) is 9.59 Å². The van der Waals surface area contributed by atoms with E-state index in [1.165, 1.54) is 13.2 Å². The lowest BCUT2D eigenvalue weighted by Gasteiger charge is -2.14. The normalized spacial score (nSPS) is 10.8. The lowest BCUT2D eigenvalue weighted by atomic mass is 10.1. The number of nitriles is 1. The monoisotopic (exact) mass is 567 g/mol. The molecule has 3 aromatic rings. The van der Waals surface area contributed by atoms with Crippen molar-refractivity contribution < 1.29 is 19.1 Å². The van der Waals surface area contributed by atoms with Crippen LogP contribution < -0.4 is 20.1 Å². The number of methoxy groups -OCH3 is 1. The highest BCUT2D eigenvalue weighted by Crippen LogP contribution is 2.37. The molecule has 36 heavy (non-hydrogen) atoms. The van der Waals surface area contributed by atoms with Gasteiger partial charge in [-0.1, -0.05) is 29.8 Å². The van der Waals surface area contributed by atoms with Gasteiger partial charge < -0.3 is 20.1 Å². The average molecular weight is 569 g/mol. The summed E-state index contributed by atoms with van der Waals surface area (Å²) in [5, 5.41) is 15.5. The first kappa shape index (κ1) is 26.8. The van der Waals surface area contributed by atoms with Crippen LogP contribution in [0.25, 0.3) is 6.08 Å². The van der Waals surface area contributed by atoms with E-state index in [0.717, 1.165) is 16.8 Å². The summed E-state index contributed by atoms with van der Waals surface area (Å²) in [5.41, 5.74) is 3.55. The number of hydrogen-bond donors (Lipinski definition) is 2. The largest absolute Gasteiger partial charge is 0.493 e. The van der Waals surface area contributed by atoms with Crippen LogP contribution >= 0.6 is 27.5 Å². The van der Waals surface area contributed by atoms with Crippen molar-refractivity contribution in [2.24, 2.45) is 0 Å². The Morgan fingerprint density at radius 3 is 2.58 bits per heavy atom. The molecule has 2 amide bonds. The Labute approximate surface area is 222 Å². The summed E-state index contributed by atoms with van der Waals surface area (Å²) in [7, 11) is 1.45. The summed E-state index contributed by atoms with van der Waals surface area (Å²) in [6, 6.07) is 17.6. The van der Waals surface area contributed by atoms with Crippen molar-refractivity contribution in [3.8, 4) is 17.6 Å². The van der Waals surface area contributed by atoms with Crippen LogP contribution in [0.5, 0.6) is 11.5 Å². The molecule has 0 saturated heterocycles. The van der Waals surface area contributed by atoms with Gasteiger partial charge in [-0.05, 0) is 88.9 Å². The highest BCUT2D eigenvalue weighted by molar-refractivity contribution is 9.10. The van der Waals surface area contributed by atoms with Crippen molar-refractivity contribution in [1.82, 2.24) is 0 Å². The quantitative estimate of drug-likeness (QED) is 0.246. The van der Waals surface area contributed by atoms with E-state index in [1.807, 2.05) is 38.1 Å². The number of carbonyl (C=O) groups is 2. The highest BCUT2D eigenvalue weighted by Gasteiger charge is 2.16. The lowest BCUT2D eigenvalue weighted by Crippen LogP contribution is -2.21. The zero-order valence-corrected chi connectivity index (χ0v) is 22.2. The topological polar surface area (TPSA) is 100 Å². The van der Waals surface area contributed by atoms with E-state index in [-0.39, 0.29) is 18.1 Å². The molecule has 0 aliphatic heterocycles. The highest BCUT2D eigenvalue weighted by atomic mass is 79.9. The van der Waals surface area contributed by atoms with Gasteiger partial charge in [-0.3, -0.25) is 9.59 Å². The maximum Gasteiger partial charge on any atom is 0.266 e. The number of aryl methyl sites for hydroxylation is 2. The fourth-order valence-electron chi connectivity index (χ4n) is 3.24. The molecule has 0 fully saturated rings. The van der Waals surface area contributed by atoms with Gasteiger partial charge in [0, 0.05) is 16.4 Å². The van der Waals surface area contributed by atoms with E-state index in [0.29, 0.717) is 32.2 Å². The predicted octanol–water partition coefficient (Wildman–Crippen LogP) is 6.29. The number of nitrogens with one attached hydrogen (secondary N) is 2. The Morgan fingerprint density at radius 1 is 1.11 bits per heavy atom. The number of amides is 2. The predicted molar refractivity (Wildman–Crippen MR) is 144 cm³/mol. The molecule has 0 spiro atoms. The van der Waals surface area contributed by atoms with E-state index < -0.39 is 5.91 Å². The van der Waals surface area contributed by atoms with Crippen LogP contribution in [0.4, 0.5) is 11.4 Å². The fourth-order valence-corrected chi connectivity index (χ4v) is 4.00. The number of carbonyl (C=O) groups excluding carboxylic acids is 2. The molecule has 0 bridgehead atoms. The maximum absolute atomic E-state index is 12.6. The van der Waals surface area contributed by atoms with Gasteiger partial charge in [-0.15, -0.1) is 0 Å². The van der Waals surface area contributed by atoms with E-state index in [4.69, 9.17) is 21.1 Å². The number of nitrogens with zero attached hydrogens (tertiary/aromatic N) is 1. The molecule has 0 aliphatic carbocycles. The van der Waals surface area contributed by atoms with E-state index in [2.05, 4.69) is 26.6 Å². The van der Waals surface area contributed by atoms with Gasteiger partial charge in [-0.2, -0.15) is 5.26 Å². The third kappa shape index (κ3) is 7.11. The van der Waals surface area contributed by atoms with Crippen molar-refractivity contribution in [3.05, 3.63) is 86.4 Å². The molecule has 9 heteroatoms.